The quantitative estimate of drug-likeness (QED) is 0.906. The maximum Gasteiger partial charge on any atom is 0.253 e. The minimum absolute atomic E-state index is 0.0339. The van der Waals surface area contributed by atoms with Crippen molar-refractivity contribution in [2.24, 2.45) is 0 Å². The predicted molar refractivity (Wildman–Crippen MR) is 101 cm³/mol. The van der Waals surface area contributed by atoms with Crippen LogP contribution in [0.3, 0.4) is 0 Å². The fourth-order valence-electron chi connectivity index (χ4n) is 3.98. The van der Waals surface area contributed by atoms with E-state index in [0.29, 0.717) is 18.7 Å². The predicted octanol–water partition coefficient (Wildman–Crippen LogP) is 3.35. The molecule has 2 aromatic carbocycles. The molecule has 140 valence electrons. The first-order valence-electron chi connectivity index (χ1n) is 9.57. The molecule has 2 aromatic rings. The lowest BCUT2D eigenvalue weighted by atomic mass is 10.0. The van der Waals surface area contributed by atoms with Crippen molar-refractivity contribution in [1.82, 2.24) is 10.2 Å². The van der Waals surface area contributed by atoms with E-state index >= 15 is 0 Å². The third-order valence-electron chi connectivity index (χ3n) is 5.57. The van der Waals surface area contributed by atoms with Gasteiger partial charge in [-0.25, -0.2) is 4.39 Å². The average molecular weight is 366 g/mol. The molecule has 0 aromatic heterocycles. The molecular weight excluding hydrogens is 343 g/mol. The summed E-state index contributed by atoms with van der Waals surface area (Å²) in [7, 11) is 0. The number of hydrogen-bond acceptors (Lipinski definition) is 2. The zero-order valence-corrected chi connectivity index (χ0v) is 15.2. The highest BCUT2D eigenvalue weighted by molar-refractivity contribution is 5.95. The van der Waals surface area contributed by atoms with Crippen molar-refractivity contribution in [3.05, 3.63) is 70.5 Å². The van der Waals surface area contributed by atoms with Crippen molar-refractivity contribution in [1.29, 1.82) is 0 Å². The number of fused-ring (bicyclic) bond motifs is 1. The summed E-state index contributed by atoms with van der Waals surface area (Å²) >= 11 is 0. The van der Waals surface area contributed by atoms with E-state index in [1.807, 2.05) is 17.0 Å². The average Bonchev–Trinajstić information content (AvgIpc) is 3.16. The topological polar surface area (TPSA) is 49.4 Å². The van der Waals surface area contributed by atoms with Gasteiger partial charge in [0.2, 0.25) is 0 Å². The number of rotatable bonds is 3. The molecule has 27 heavy (non-hydrogen) atoms. The van der Waals surface area contributed by atoms with Gasteiger partial charge < -0.3 is 10.2 Å². The maximum atomic E-state index is 13.0. The SMILES string of the molecule is O=C(NC1CCN(C(=O)c2ccc3c(c2)CCC3)CC1)c1ccc(F)cc1. The van der Waals surface area contributed by atoms with Crippen molar-refractivity contribution < 1.29 is 14.0 Å². The van der Waals surface area contributed by atoms with E-state index in [0.717, 1.165) is 31.2 Å². The highest BCUT2D eigenvalue weighted by Crippen LogP contribution is 2.24. The molecule has 1 saturated heterocycles. The normalized spacial score (nSPS) is 16.9. The highest BCUT2D eigenvalue weighted by atomic mass is 19.1. The number of hydrogen-bond donors (Lipinski definition) is 1. The summed E-state index contributed by atoms with van der Waals surface area (Å²) in [4.78, 5) is 26.9. The molecule has 2 aliphatic rings. The second-order valence-electron chi connectivity index (χ2n) is 7.38. The Morgan fingerprint density at radius 2 is 1.59 bits per heavy atom. The molecule has 4 nitrogen and oxygen atoms in total. The van der Waals surface area contributed by atoms with Gasteiger partial charge in [-0.2, -0.15) is 0 Å². The van der Waals surface area contributed by atoms with Crippen LogP contribution in [0.15, 0.2) is 42.5 Å². The van der Waals surface area contributed by atoms with Gasteiger partial charge in [0.15, 0.2) is 0 Å². The van der Waals surface area contributed by atoms with Crippen molar-refractivity contribution in [2.75, 3.05) is 13.1 Å². The van der Waals surface area contributed by atoms with E-state index in [2.05, 4.69) is 11.4 Å². The first-order valence-corrected chi connectivity index (χ1v) is 9.57. The Labute approximate surface area is 158 Å². The third kappa shape index (κ3) is 3.87. The van der Waals surface area contributed by atoms with Crippen LogP contribution in [-0.4, -0.2) is 35.8 Å². The molecule has 0 spiro atoms. The Kier molecular flexibility index (Phi) is 4.92. The Hall–Kier alpha value is -2.69. The molecule has 1 heterocycles. The first kappa shape index (κ1) is 17.7. The van der Waals surface area contributed by atoms with Crippen LogP contribution in [0.2, 0.25) is 0 Å². The minimum Gasteiger partial charge on any atom is -0.349 e. The first-order chi connectivity index (χ1) is 13.1. The van der Waals surface area contributed by atoms with E-state index in [1.165, 1.54) is 41.8 Å². The summed E-state index contributed by atoms with van der Waals surface area (Å²) in [6, 6.07) is 11.6. The summed E-state index contributed by atoms with van der Waals surface area (Å²) in [6.45, 7) is 1.26. The van der Waals surface area contributed by atoms with E-state index in [9.17, 15) is 14.0 Å². The molecule has 2 amide bonds. The van der Waals surface area contributed by atoms with Crippen LogP contribution in [0.25, 0.3) is 0 Å². The fraction of sp³-hybridized carbons (Fsp3) is 0.364. The van der Waals surface area contributed by atoms with Crippen LogP contribution in [0.1, 0.15) is 51.1 Å². The van der Waals surface area contributed by atoms with Crippen LogP contribution in [0, 0.1) is 5.82 Å². The number of nitrogens with one attached hydrogen (secondary N) is 1. The number of benzene rings is 2. The van der Waals surface area contributed by atoms with Gasteiger partial charge in [0, 0.05) is 30.3 Å². The van der Waals surface area contributed by atoms with Gasteiger partial charge in [-0.3, -0.25) is 9.59 Å². The van der Waals surface area contributed by atoms with Crippen LogP contribution in [-0.2, 0) is 12.8 Å². The Morgan fingerprint density at radius 1 is 0.926 bits per heavy atom. The molecule has 1 aliphatic carbocycles. The maximum absolute atomic E-state index is 13.0. The summed E-state index contributed by atoms with van der Waals surface area (Å²) in [5.74, 6) is -0.476. The molecule has 0 saturated carbocycles. The number of likely N-dealkylation sites (tertiary alicyclic amines) is 1. The van der Waals surface area contributed by atoms with Gasteiger partial charge in [-0.1, -0.05) is 6.07 Å². The molecular formula is C22H23FN2O2. The number of nitrogens with zero attached hydrogens (tertiary/aromatic N) is 1. The minimum atomic E-state index is -0.357. The zero-order valence-electron chi connectivity index (χ0n) is 15.2. The summed E-state index contributed by atoms with van der Waals surface area (Å²) in [5.41, 5.74) is 3.90. The molecule has 5 heteroatoms. The van der Waals surface area contributed by atoms with Gasteiger partial charge in [0.25, 0.3) is 11.8 Å². The molecule has 0 radical (unpaired) electrons. The van der Waals surface area contributed by atoms with Gasteiger partial charge in [0.1, 0.15) is 5.82 Å². The van der Waals surface area contributed by atoms with Crippen molar-refractivity contribution >= 4 is 11.8 Å². The van der Waals surface area contributed by atoms with Gasteiger partial charge >= 0.3 is 0 Å². The number of amides is 2. The molecule has 0 atom stereocenters. The standard InChI is InChI=1S/C22H23FN2O2/c23-19-8-6-16(7-9-19)21(26)24-20-10-12-25(13-11-20)22(27)18-5-4-15-2-1-3-17(15)14-18/h4-9,14,20H,1-3,10-13H2,(H,24,26). The molecule has 0 bridgehead atoms. The van der Waals surface area contributed by atoms with Gasteiger partial charge in [0.05, 0.1) is 0 Å². The van der Waals surface area contributed by atoms with E-state index in [-0.39, 0.29) is 23.7 Å². The largest absolute Gasteiger partial charge is 0.349 e. The van der Waals surface area contributed by atoms with Crippen LogP contribution in [0.4, 0.5) is 4.39 Å². The monoisotopic (exact) mass is 366 g/mol. The smallest absolute Gasteiger partial charge is 0.253 e. The van der Waals surface area contributed by atoms with Gasteiger partial charge in [-0.05, 0) is 79.6 Å². The number of carbonyl (C=O) groups is 2. The summed E-state index contributed by atoms with van der Waals surface area (Å²) < 4.78 is 13.0. The number of halogens is 1. The van der Waals surface area contributed by atoms with E-state index in [1.54, 1.807) is 0 Å². The number of piperidine rings is 1. The zero-order chi connectivity index (χ0) is 18.8. The lowest BCUT2D eigenvalue weighted by molar-refractivity contribution is 0.0698. The molecule has 1 fully saturated rings. The second-order valence-corrected chi connectivity index (χ2v) is 7.38. The fourth-order valence-corrected chi connectivity index (χ4v) is 3.98. The van der Waals surface area contributed by atoms with Crippen LogP contribution < -0.4 is 5.32 Å². The van der Waals surface area contributed by atoms with Crippen molar-refractivity contribution in [3.8, 4) is 0 Å². The second kappa shape index (κ2) is 7.51. The Bertz CT molecular complexity index is 855. The molecule has 1 aliphatic heterocycles. The van der Waals surface area contributed by atoms with E-state index < -0.39 is 0 Å². The third-order valence-corrected chi connectivity index (χ3v) is 5.57. The molecule has 4 rings (SSSR count). The molecule has 1 N–H and O–H groups in total. The highest BCUT2D eigenvalue weighted by Gasteiger charge is 2.25. The van der Waals surface area contributed by atoms with Crippen LogP contribution >= 0.6 is 0 Å². The Morgan fingerprint density at radius 3 is 2.33 bits per heavy atom. The lowest BCUT2D eigenvalue weighted by Crippen LogP contribution is -2.46. The summed E-state index contributed by atoms with van der Waals surface area (Å²) in [5, 5.41) is 2.99. The van der Waals surface area contributed by atoms with Gasteiger partial charge in [-0.15, -0.1) is 0 Å². The Balaban J connectivity index is 1.32. The molecule has 0 unspecified atom stereocenters. The number of aryl methyl sites for hydroxylation is 2. The lowest BCUT2D eigenvalue weighted by Gasteiger charge is -2.32. The van der Waals surface area contributed by atoms with Crippen LogP contribution in [0.5, 0.6) is 0 Å². The number of carbonyl (C=O) groups excluding carboxylic acids is 2. The summed E-state index contributed by atoms with van der Waals surface area (Å²) in [6.07, 6.45) is 4.80. The van der Waals surface area contributed by atoms with E-state index in [4.69, 9.17) is 0 Å². The van der Waals surface area contributed by atoms with Crippen molar-refractivity contribution in [3.63, 3.8) is 0 Å². The van der Waals surface area contributed by atoms with Crippen molar-refractivity contribution in [2.45, 2.75) is 38.1 Å².